The van der Waals surface area contributed by atoms with Crippen LogP contribution < -0.4 is 5.56 Å². The first-order chi connectivity index (χ1) is 8.75. The number of halogens is 1. The Balaban J connectivity index is 2.10. The molecule has 0 atom stereocenters. The number of nitrogens with zero attached hydrogens (tertiary/aromatic N) is 2. The third-order valence-electron chi connectivity index (χ3n) is 3.35. The first-order valence-corrected chi connectivity index (χ1v) is 6.84. The molecule has 1 aliphatic rings. The van der Waals surface area contributed by atoms with E-state index in [4.69, 9.17) is 0 Å². The molecule has 0 unspecified atom stereocenters. The molecule has 0 radical (unpaired) electrons. The quantitative estimate of drug-likeness (QED) is 0.895. The molecule has 0 aliphatic heterocycles. The van der Waals surface area contributed by atoms with Crippen LogP contribution in [0.25, 0.3) is 11.6 Å². The number of hydrogen-bond donors (Lipinski definition) is 2. The number of rotatable bonds is 2. The first-order valence-electron chi connectivity index (χ1n) is 6.05. The Kier molecular flexibility index (Phi) is 3.03. The Morgan fingerprint density at radius 3 is 2.72 bits per heavy atom. The summed E-state index contributed by atoms with van der Waals surface area (Å²) in [6.45, 7) is 0. The number of imidazole rings is 1. The van der Waals surface area contributed by atoms with Crippen LogP contribution >= 0.6 is 15.9 Å². The zero-order valence-corrected chi connectivity index (χ0v) is 11.3. The van der Waals surface area contributed by atoms with E-state index in [1.165, 1.54) is 12.8 Å². The van der Waals surface area contributed by atoms with Crippen LogP contribution in [0.5, 0.6) is 0 Å². The molecular formula is C12H13BrN4O. The summed E-state index contributed by atoms with van der Waals surface area (Å²) in [5, 5.41) is 0. The second-order valence-corrected chi connectivity index (χ2v) is 5.33. The fraction of sp³-hybridized carbons (Fsp3) is 0.417. The van der Waals surface area contributed by atoms with Gasteiger partial charge < -0.3 is 9.97 Å². The summed E-state index contributed by atoms with van der Waals surface area (Å²) < 4.78 is 0.560. The SMILES string of the molecule is O=c1[nH]c(-c2ncc[nH]2)nc(C2CCCC2)c1Br. The summed E-state index contributed by atoms with van der Waals surface area (Å²) in [6, 6.07) is 0. The third-order valence-corrected chi connectivity index (χ3v) is 4.12. The Hall–Kier alpha value is -1.43. The monoisotopic (exact) mass is 308 g/mol. The minimum atomic E-state index is -0.140. The Labute approximate surface area is 112 Å². The van der Waals surface area contributed by atoms with Crippen molar-refractivity contribution < 1.29 is 0 Å². The van der Waals surface area contributed by atoms with Crippen LogP contribution in [-0.2, 0) is 0 Å². The number of aromatic amines is 2. The fourth-order valence-electron chi connectivity index (χ4n) is 2.45. The van der Waals surface area contributed by atoms with Gasteiger partial charge in [0.1, 0.15) is 4.47 Å². The van der Waals surface area contributed by atoms with E-state index in [0.29, 0.717) is 22.0 Å². The van der Waals surface area contributed by atoms with E-state index in [0.717, 1.165) is 18.5 Å². The highest BCUT2D eigenvalue weighted by atomic mass is 79.9. The van der Waals surface area contributed by atoms with Gasteiger partial charge >= 0.3 is 0 Å². The molecule has 94 valence electrons. The molecule has 5 nitrogen and oxygen atoms in total. The molecule has 18 heavy (non-hydrogen) atoms. The fourth-order valence-corrected chi connectivity index (χ4v) is 2.96. The third kappa shape index (κ3) is 2.01. The van der Waals surface area contributed by atoms with Crippen molar-refractivity contribution in [2.24, 2.45) is 0 Å². The zero-order chi connectivity index (χ0) is 12.5. The molecule has 1 aliphatic carbocycles. The molecule has 2 N–H and O–H groups in total. The maximum absolute atomic E-state index is 11.9. The zero-order valence-electron chi connectivity index (χ0n) is 9.74. The van der Waals surface area contributed by atoms with Crippen molar-refractivity contribution in [1.82, 2.24) is 19.9 Å². The van der Waals surface area contributed by atoms with Crippen LogP contribution in [0.1, 0.15) is 37.3 Å². The van der Waals surface area contributed by atoms with Gasteiger partial charge in [-0.05, 0) is 28.8 Å². The lowest BCUT2D eigenvalue weighted by molar-refractivity contribution is 0.687. The normalized spacial score (nSPS) is 16.3. The maximum Gasteiger partial charge on any atom is 0.265 e. The topological polar surface area (TPSA) is 74.4 Å². The molecule has 0 spiro atoms. The number of nitrogens with one attached hydrogen (secondary N) is 2. The smallest absolute Gasteiger partial charge is 0.265 e. The summed E-state index contributed by atoms with van der Waals surface area (Å²) in [5.74, 6) is 1.49. The van der Waals surface area contributed by atoms with Gasteiger partial charge in [-0.15, -0.1) is 0 Å². The van der Waals surface area contributed by atoms with E-state index >= 15 is 0 Å². The minimum absolute atomic E-state index is 0.140. The van der Waals surface area contributed by atoms with Crippen molar-refractivity contribution in [3.63, 3.8) is 0 Å². The average molecular weight is 309 g/mol. The maximum atomic E-state index is 11.9. The van der Waals surface area contributed by atoms with Gasteiger partial charge in [0.25, 0.3) is 5.56 Å². The molecule has 2 aromatic rings. The van der Waals surface area contributed by atoms with Crippen molar-refractivity contribution in [2.45, 2.75) is 31.6 Å². The summed E-state index contributed by atoms with van der Waals surface area (Å²) in [6.07, 6.45) is 7.99. The second kappa shape index (κ2) is 4.68. The van der Waals surface area contributed by atoms with E-state index in [2.05, 4.69) is 35.9 Å². The highest BCUT2D eigenvalue weighted by Crippen LogP contribution is 2.35. The van der Waals surface area contributed by atoms with E-state index in [1.54, 1.807) is 12.4 Å². The van der Waals surface area contributed by atoms with Crippen molar-refractivity contribution in [3.8, 4) is 11.6 Å². The molecule has 2 aromatic heterocycles. The Morgan fingerprint density at radius 1 is 1.28 bits per heavy atom. The van der Waals surface area contributed by atoms with Crippen molar-refractivity contribution in [1.29, 1.82) is 0 Å². The van der Waals surface area contributed by atoms with E-state index in [1.807, 2.05) is 0 Å². The van der Waals surface area contributed by atoms with Gasteiger partial charge in [0.2, 0.25) is 0 Å². The highest BCUT2D eigenvalue weighted by molar-refractivity contribution is 9.10. The molecule has 3 rings (SSSR count). The Bertz CT molecular complexity index is 599. The second-order valence-electron chi connectivity index (χ2n) is 4.53. The van der Waals surface area contributed by atoms with Crippen LogP contribution in [0.3, 0.4) is 0 Å². The predicted octanol–water partition coefficient (Wildman–Crippen LogP) is 2.58. The lowest BCUT2D eigenvalue weighted by atomic mass is 10.0. The van der Waals surface area contributed by atoms with Gasteiger partial charge in [-0.25, -0.2) is 9.97 Å². The van der Waals surface area contributed by atoms with Gasteiger partial charge in [0.15, 0.2) is 11.6 Å². The molecule has 0 bridgehead atoms. The van der Waals surface area contributed by atoms with E-state index in [-0.39, 0.29) is 5.56 Å². The number of hydrogen-bond acceptors (Lipinski definition) is 3. The molecule has 1 fully saturated rings. The van der Waals surface area contributed by atoms with Crippen molar-refractivity contribution in [2.75, 3.05) is 0 Å². The van der Waals surface area contributed by atoms with Crippen LogP contribution in [0.4, 0.5) is 0 Å². The van der Waals surface area contributed by atoms with Crippen LogP contribution in [0.2, 0.25) is 0 Å². The first kappa shape index (κ1) is 11.6. The summed E-state index contributed by atoms with van der Waals surface area (Å²) in [5.41, 5.74) is 0.723. The molecule has 2 heterocycles. The van der Waals surface area contributed by atoms with Crippen LogP contribution in [0, 0.1) is 0 Å². The Morgan fingerprint density at radius 2 is 2.06 bits per heavy atom. The van der Waals surface area contributed by atoms with Crippen molar-refractivity contribution >= 4 is 15.9 Å². The summed E-state index contributed by atoms with van der Waals surface area (Å²) in [7, 11) is 0. The highest BCUT2D eigenvalue weighted by Gasteiger charge is 2.23. The summed E-state index contributed by atoms with van der Waals surface area (Å²) >= 11 is 3.35. The average Bonchev–Trinajstić information content (AvgIpc) is 3.03. The van der Waals surface area contributed by atoms with Gasteiger partial charge in [-0.3, -0.25) is 4.79 Å². The lowest BCUT2D eigenvalue weighted by Crippen LogP contribution is -2.15. The molecule has 6 heteroatoms. The summed E-state index contributed by atoms with van der Waals surface area (Å²) in [4.78, 5) is 26.3. The minimum Gasteiger partial charge on any atom is -0.342 e. The van der Waals surface area contributed by atoms with Gasteiger partial charge in [-0.2, -0.15) is 0 Å². The molecule has 0 amide bonds. The van der Waals surface area contributed by atoms with E-state index < -0.39 is 0 Å². The van der Waals surface area contributed by atoms with E-state index in [9.17, 15) is 4.79 Å². The van der Waals surface area contributed by atoms with Gasteiger partial charge in [-0.1, -0.05) is 12.8 Å². The van der Waals surface area contributed by atoms with Gasteiger partial charge in [0, 0.05) is 18.3 Å². The van der Waals surface area contributed by atoms with Crippen molar-refractivity contribution in [3.05, 3.63) is 32.9 Å². The number of H-pyrrole nitrogens is 2. The molecule has 1 saturated carbocycles. The molecule has 0 saturated heterocycles. The standard InChI is InChI=1S/C12H13BrN4O/c13-8-9(7-3-1-2-4-7)16-11(17-12(8)18)10-14-5-6-15-10/h5-7H,1-4H2,(H,14,15)(H,16,17,18). The lowest BCUT2D eigenvalue weighted by Gasteiger charge is -2.11. The molecular weight excluding hydrogens is 296 g/mol. The predicted molar refractivity (Wildman–Crippen MR) is 71.3 cm³/mol. The van der Waals surface area contributed by atoms with Gasteiger partial charge in [0.05, 0.1) is 5.69 Å². The number of aromatic nitrogens is 4. The van der Waals surface area contributed by atoms with Crippen LogP contribution in [-0.4, -0.2) is 19.9 Å². The molecule has 0 aromatic carbocycles. The largest absolute Gasteiger partial charge is 0.342 e. The van der Waals surface area contributed by atoms with Crippen LogP contribution in [0.15, 0.2) is 21.7 Å².